The van der Waals surface area contributed by atoms with Gasteiger partial charge in [0.25, 0.3) is 0 Å². The quantitative estimate of drug-likeness (QED) is 0.256. The predicted molar refractivity (Wildman–Crippen MR) is 128 cm³/mol. The van der Waals surface area contributed by atoms with E-state index in [1.165, 1.54) is 18.2 Å². The molecule has 0 aliphatic carbocycles. The molecule has 0 aromatic carbocycles. The van der Waals surface area contributed by atoms with Crippen molar-refractivity contribution in [1.29, 1.82) is 0 Å². The van der Waals surface area contributed by atoms with Crippen LogP contribution in [0, 0.1) is 18.3 Å². The van der Waals surface area contributed by atoms with Gasteiger partial charge in [0.15, 0.2) is 0 Å². The third-order valence-corrected chi connectivity index (χ3v) is 6.62. The monoisotopic (exact) mass is 458 g/mol. The lowest BCUT2D eigenvalue weighted by molar-refractivity contribution is -0.146. The van der Waals surface area contributed by atoms with E-state index in [9.17, 15) is 14.4 Å². The Balaban J connectivity index is 4.62. The molecule has 0 fully saturated rings. The van der Waals surface area contributed by atoms with Crippen molar-refractivity contribution in [2.45, 2.75) is 97.2 Å². The summed E-state index contributed by atoms with van der Waals surface area (Å²) < 4.78 is 11.0. The molecule has 0 aromatic heterocycles. The average molecular weight is 459 g/mol. The Morgan fingerprint density at radius 3 is 1.65 bits per heavy atom. The molecule has 0 aliphatic rings. The van der Waals surface area contributed by atoms with Crippen molar-refractivity contribution >= 4 is 29.6 Å². The van der Waals surface area contributed by atoms with Crippen LogP contribution in [0.2, 0.25) is 0 Å². The van der Waals surface area contributed by atoms with Crippen LogP contribution >= 0.6 is 11.8 Å². The van der Waals surface area contributed by atoms with Crippen LogP contribution < -0.4 is 5.73 Å². The zero-order valence-corrected chi connectivity index (χ0v) is 20.8. The van der Waals surface area contributed by atoms with Crippen molar-refractivity contribution in [2.24, 2.45) is 17.6 Å². The van der Waals surface area contributed by atoms with Crippen LogP contribution in [0.15, 0.2) is 0 Å². The number of amides is 1. The number of ether oxygens (including phenoxy) is 2. The molecule has 7 heteroatoms. The van der Waals surface area contributed by atoms with Gasteiger partial charge in [0, 0.05) is 11.0 Å². The first-order valence-corrected chi connectivity index (χ1v) is 13.0. The first-order chi connectivity index (χ1) is 14.9. The molecule has 2 unspecified atom stereocenters. The van der Waals surface area contributed by atoms with E-state index in [0.29, 0.717) is 30.8 Å². The van der Waals surface area contributed by atoms with Gasteiger partial charge in [0.2, 0.25) is 5.91 Å². The molecule has 6 nitrogen and oxygen atoms in total. The highest BCUT2D eigenvalue weighted by Gasteiger charge is 2.22. The highest BCUT2D eigenvalue weighted by atomic mass is 32.2. The van der Waals surface area contributed by atoms with E-state index >= 15 is 0 Å². The number of carbonyl (C=O) groups is 3. The van der Waals surface area contributed by atoms with E-state index in [-0.39, 0.29) is 30.0 Å². The minimum atomic E-state index is -0.514. The van der Waals surface area contributed by atoms with Gasteiger partial charge in [-0.3, -0.25) is 14.4 Å². The Morgan fingerprint density at radius 2 is 1.29 bits per heavy atom. The molecule has 0 saturated carbocycles. The predicted octanol–water partition coefficient (Wildman–Crippen LogP) is 5.08. The number of hydrogen-bond acceptors (Lipinski definition) is 6. The van der Waals surface area contributed by atoms with E-state index in [2.05, 4.69) is 27.7 Å². The first-order valence-electron chi connectivity index (χ1n) is 11.9. The Bertz CT molecular complexity index is 466. The number of esters is 2. The summed E-state index contributed by atoms with van der Waals surface area (Å²) in [6.45, 7) is 9.34. The Kier molecular flexibility index (Phi) is 18.7. The maximum atomic E-state index is 12.4. The summed E-state index contributed by atoms with van der Waals surface area (Å²) in [4.78, 5) is 35.7. The van der Waals surface area contributed by atoms with Gasteiger partial charge in [-0.25, -0.2) is 0 Å². The van der Waals surface area contributed by atoms with Crippen LogP contribution in [-0.4, -0.2) is 42.1 Å². The Morgan fingerprint density at radius 1 is 0.839 bits per heavy atom. The minimum Gasteiger partial charge on any atom is -0.465 e. The zero-order valence-electron chi connectivity index (χ0n) is 20.0. The third kappa shape index (κ3) is 17.0. The SMILES string of the molecule is CCCCC(CC)COC(=O)CC(CC(=O)OCC(CC)CCCC)SC[CH]C(N)=O. The highest BCUT2D eigenvalue weighted by molar-refractivity contribution is 8.00. The molecule has 2 atom stereocenters. The van der Waals surface area contributed by atoms with Gasteiger partial charge in [0.05, 0.1) is 32.5 Å². The Labute approximate surface area is 193 Å². The summed E-state index contributed by atoms with van der Waals surface area (Å²) in [5, 5.41) is -0.304. The normalized spacial score (nSPS) is 13.9. The molecule has 0 rings (SSSR count). The van der Waals surface area contributed by atoms with Gasteiger partial charge in [-0.15, -0.1) is 0 Å². The molecule has 0 saturated heterocycles. The number of rotatable bonds is 20. The highest BCUT2D eigenvalue weighted by Crippen LogP contribution is 2.22. The molecule has 0 spiro atoms. The third-order valence-electron chi connectivity index (χ3n) is 5.45. The van der Waals surface area contributed by atoms with Gasteiger partial charge in [-0.1, -0.05) is 66.2 Å². The molecule has 181 valence electrons. The van der Waals surface area contributed by atoms with Crippen LogP contribution in [0.25, 0.3) is 0 Å². The summed E-state index contributed by atoms with van der Waals surface area (Å²) in [6, 6.07) is 0. The van der Waals surface area contributed by atoms with E-state index < -0.39 is 5.91 Å². The molecule has 0 aromatic rings. The number of hydrogen-bond donors (Lipinski definition) is 1. The van der Waals surface area contributed by atoms with Crippen molar-refractivity contribution in [3.63, 3.8) is 0 Å². The lowest BCUT2D eigenvalue weighted by Crippen LogP contribution is -2.23. The second-order valence-electron chi connectivity index (χ2n) is 8.17. The minimum absolute atomic E-state index is 0.115. The van der Waals surface area contributed by atoms with E-state index in [1.807, 2.05) is 0 Å². The maximum Gasteiger partial charge on any atom is 0.306 e. The van der Waals surface area contributed by atoms with Gasteiger partial charge in [-0.05, 0) is 24.7 Å². The number of nitrogens with two attached hydrogens (primary N) is 1. The van der Waals surface area contributed by atoms with E-state index in [0.717, 1.165) is 51.4 Å². The lowest BCUT2D eigenvalue weighted by Gasteiger charge is -2.19. The second kappa shape index (κ2) is 19.4. The van der Waals surface area contributed by atoms with Crippen molar-refractivity contribution < 1.29 is 23.9 Å². The summed E-state index contributed by atoms with van der Waals surface area (Å²) in [5.74, 6) is -0.0420. The fourth-order valence-electron chi connectivity index (χ4n) is 3.16. The lowest BCUT2D eigenvalue weighted by atomic mass is 10.0. The van der Waals surface area contributed by atoms with Crippen LogP contribution in [0.1, 0.15) is 91.9 Å². The Hall–Kier alpha value is -1.24. The zero-order chi connectivity index (χ0) is 23.5. The van der Waals surface area contributed by atoms with E-state index in [4.69, 9.17) is 15.2 Å². The summed E-state index contributed by atoms with van der Waals surface area (Å²) >= 11 is 1.36. The van der Waals surface area contributed by atoms with Crippen molar-refractivity contribution in [3.05, 3.63) is 6.42 Å². The van der Waals surface area contributed by atoms with Gasteiger partial charge in [0.1, 0.15) is 0 Å². The molecular weight excluding hydrogens is 414 g/mol. The molecule has 31 heavy (non-hydrogen) atoms. The number of thioether (sulfide) groups is 1. The van der Waals surface area contributed by atoms with Gasteiger partial charge in [-0.2, -0.15) is 11.8 Å². The second-order valence-corrected chi connectivity index (χ2v) is 9.50. The number of unbranched alkanes of at least 4 members (excludes halogenated alkanes) is 2. The van der Waals surface area contributed by atoms with Crippen molar-refractivity contribution in [2.75, 3.05) is 19.0 Å². The summed E-state index contributed by atoms with van der Waals surface area (Å²) in [7, 11) is 0. The van der Waals surface area contributed by atoms with Crippen LogP contribution in [0.3, 0.4) is 0 Å². The number of carbonyl (C=O) groups excluding carboxylic acids is 3. The van der Waals surface area contributed by atoms with Crippen LogP contribution in [-0.2, 0) is 23.9 Å². The average Bonchev–Trinajstić information content (AvgIpc) is 2.73. The first kappa shape index (κ1) is 29.8. The largest absolute Gasteiger partial charge is 0.465 e. The van der Waals surface area contributed by atoms with Crippen LogP contribution in [0.5, 0.6) is 0 Å². The van der Waals surface area contributed by atoms with E-state index in [1.54, 1.807) is 0 Å². The smallest absolute Gasteiger partial charge is 0.306 e. The summed E-state index contributed by atoms with van der Waals surface area (Å²) in [6.07, 6.45) is 10.1. The van der Waals surface area contributed by atoms with Crippen molar-refractivity contribution in [1.82, 2.24) is 0 Å². The fourth-order valence-corrected chi connectivity index (χ4v) is 4.20. The number of primary amides is 1. The molecular formula is C24H44NO5S. The topological polar surface area (TPSA) is 95.7 Å². The molecule has 0 heterocycles. The summed E-state index contributed by atoms with van der Waals surface area (Å²) in [5.41, 5.74) is 5.16. The molecule has 1 amide bonds. The standard InChI is InChI=1S/C24H44NO5S/c1-5-9-11-19(7-3)17-29-23(27)15-21(31-14-13-22(25)26)16-24(28)30-18-20(8-4)12-10-6-2/h13,19-21H,5-12,14-18H2,1-4H3,(H2,25,26). The van der Waals surface area contributed by atoms with Gasteiger partial charge >= 0.3 is 11.9 Å². The van der Waals surface area contributed by atoms with Crippen molar-refractivity contribution in [3.8, 4) is 0 Å². The van der Waals surface area contributed by atoms with Gasteiger partial charge < -0.3 is 15.2 Å². The van der Waals surface area contributed by atoms with Crippen LogP contribution in [0.4, 0.5) is 0 Å². The molecule has 0 bridgehead atoms. The molecule has 0 aliphatic heterocycles. The molecule has 1 radical (unpaired) electrons. The fraction of sp³-hybridized carbons (Fsp3) is 0.833. The molecule has 2 N–H and O–H groups in total. The maximum absolute atomic E-state index is 12.4.